The second kappa shape index (κ2) is 5.20. The molecule has 3 heterocycles. The van der Waals surface area contributed by atoms with Gasteiger partial charge in [-0.05, 0) is 44.6 Å². The third kappa shape index (κ3) is 2.38. The number of pyridine rings is 1. The van der Waals surface area contributed by atoms with Gasteiger partial charge < -0.3 is 9.55 Å². The Labute approximate surface area is 122 Å². The Hall–Kier alpha value is -1.95. The van der Waals surface area contributed by atoms with Gasteiger partial charge in [0, 0.05) is 25.0 Å². The Kier molecular flexibility index (Phi) is 3.40. The van der Waals surface area contributed by atoms with E-state index in [1.54, 1.807) is 6.20 Å². The lowest BCUT2D eigenvalue weighted by Crippen LogP contribution is -2.07. The van der Waals surface area contributed by atoms with Gasteiger partial charge in [-0.2, -0.15) is 5.10 Å². The fourth-order valence-electron chi connectivity index (χ4n) is 2.51. The molecular weight excluding hydrogens is 270 g/mol. The van der Waals surface area contributed by atoms with Crippen LogP contribution in [-0.4, -0.2) is 24.3 Å². The molecule has 0 aliphatic heterocycles. The standard InChI is InChI=1S/C14H17N5S/c1-10-8-11(2)19(17-10)7-3-6-18-13-4-5-15-9-12(13)16-14(18)20/h4-5,8-9H,3,6-7H2,1-2H3,(H,16,20). The van der Waals surface area contributed by atoms with E-state index >= 15 is 0 Å². The second-order valence-corrected chi connectivity index (χ2v) is 5.37. The van der Waals surface area contributed by atoms with E-state index in [2.05, 4.69) is 37.3 Å². The predicted molar refractivity (Wildman–Crippen MR) is 81.2 cm³/mol. The van der Waals surface area contributed by atoms with Crippen LogP contribution < -0.4 is 0 Å². The van der Waals surface area contributed by atoms with Crippen LogP contribution in [0, 0.1) is 18.6 Å². The topological polar surface area (TPSA) is 51.4 Å². The first-order chi connectivity index (χ1) is 9.65. The zero-order valence-electron chi connectivity index (χ0n) is 11.6. The molecule has 0 spiro atoms. The van der Waals surface area contributed by atoms with Gasteiger partial charge in [0.15, 0.2) is 4.77 Å². The molecule has 0 aliphatic carbocycles. The number of nitrogens with zero attached hydrogens (tertiary/aromatic N) is 4. The Morgan fingerprint density at radius 1 is 1.30 bits per heavy atom. The van der Waals surface area contributed by atoms with Gasteiger partial charge in [0.25, 0.3) is 0 Å². The van der Waals surface area contributed by atoms with Gasteiger partial charge in [-0.15, -0.1) is 0 Å². The SMILES string of the molecule is Cc1cc(C)n(CCCn2c(=S)[nH]c3cnccc32)n1. The maximum absolute atomic E-state index is 5.37. The quantitative estimate of drug-likeness (QED) is 0.750. The number of rotatable bonds is 4. The van der Waals surface area contributed by atoms with Gasteiger partial charge in [0.2, 0.25) is 0 Å². The lowest BCUT2D eigenvalue weighted by Gasteiger charge is -2.06. The smallest absolute Gasteiger partial charge is 0.178 e. The number of hydrogen-bond acceptors (Lipinski definition) is 3. The summed E-state index contributed by atoms with van der Waals surface area (Å²) in [5, 5.41) is 4.48. The van der Waals surface area contributed by atoms with Crippen molar-refractivity contribution in [1.29, 1.82) is 0 Å². The number of hydrogen-bond donors (Lipinski definition) is 1. The van der Waals surface area contributed by atoms with Crippen LogP contribution in [0.15, 0.2) is 24.5 Å². The molecule has 1 N–H and O–H groups in total. The molecule has 104 valence electrons. The van der Waals surface area contributed by atoms with Gasteiger partial charge in [0.05, 0.1) is 22.9 Å². The summed E-state index contributed by atoms with van der Waals surface area (Å²) in [4.78, 5) is 7.29. The lowest BCUT2D eigenvalue weighted by molar-refractivity contribution is 0.519. The molecule has 0 saturated carbocycles. The average Bonchev–Trinajstić information content (AvgIpc) is 2.90. The van der Waals surface area contributed by atoms with E-state index in [0.717, 1.165) is 41.0 Å². The molecule has 0 atom stereocenters. The Morgan fingerprint density at radius 2 is 2.15 bits per heavy atom. The molecule has 0 aromatic carbocycles. The van der Waals surface area contributed by atoms with Crippen LogP contribution in [0.4, 0.5) is 0 Å². The molecule has 0 amide bonds. The van der Waals surface area contributed by atoms with E-state index in [1.807, 2.05) is 19.2 Å². The van der Waals surface area contributed by atoms with Crippen molar-refractivity contribution in [3.63, 3.8) is 0 Å². The molecule has 0 radical (unpaired) electrons. The maximum atomic E-state index is 5.37. The van der Waals surface area contributed by atoms with Crippen LogP contribution in [-0.2, 0) is 13.1 Å². The fraction of sp³-hybridized carbons (Fsp3) is 0.357. The summed E-state index contributed by atoms with van der Waals surface area (Å²) >= 11 is 5.37. The molecule has 0 fully saturated rings. The predicted octanol–water partition coefficient (Wildman–Crippen LogP) is 3.00. The first-order valence-electron chi connectivity index (χ1n) is 6.69. The van der Waals surface area contributed by atoms with Crippen molar-refractivity contribution < 1.29 is 0 Å². The van der Waals surface area contributed by atoms with E-state index in [9.17, 15) is 0 Å². The van der Waals surface area contributed by atoms with Crippen molar-refractivity contribution in [2.24, 2.45) is 0 Å². The minimum atomic E-state index is 0.751. The van der Waals surface area contributed by atoms with Crippen LogP contribution >= 0.6 is 12.2 Å². The van der Waals surface area contributed by atoms with Crippen LogP contribution in [0.2, 0.25) is 0 Å². The van der Waals surface area contributed by atoms with Crippen LogP contribution in [0.25, 0.3) is 11.0 Å². The molecule has 0 bridgehead atoms. The molecule has 3 aromatic heterocycles. The Balaban J connectivity index is 1.76. The van der Waals surface area contributed by atoms with Crippen LogP contribution in [0.3, 0.4) is 0 Å². The maximum Gasteiger partial charge on any atom is 0.178 e. The van der Waals surface area contributed by atoms with E-state index in [0.29, 0.717) is 0 Å². The Morgan fingerprint density at radius 3 is 2.90 bits per heavy atom. The van der Waals surface area contributed by atoms with E-state index in [4.69, 9.17) is 12.2 Å². The third-order valence-corrected chi connectivity index (χ3v) is 3.75. The first kappa shape index (κ1) is 13.1. The highest BCUT2D eigenvalue weighted by Crippen LogP contribution is 2.13. The molecule has 20 heavy (non-hydrogen) atoms. The second-order valence-electron chi connectivity index (χ2n) is 4.98. The molecule has 3 aromatic rings. The van der Waals surface area contributed by atoms with Gasteiger partial charge in [-0.25, -0.2) is 0 Å². The zero-order chi connectivity index (χ0) is 14.1. The lowest BCUT2D eigenvalue weighted by atomic mass is 10.3. The number of aryl methyl sites for hydroxylation is 4. The highest BCUT2D eigenvalue weighted by atomic mass is 32.1. The summed E-state index contributed by atoms with van der Waals surface area (Å²) in [6.07, 6.45) is 4.59. The number of imidazole rings is 1. The van der Waals surface area contributed by atoms with E-state index in [1.165, 1.54) is 5.69 Å². The van der Waals surface area contributed by atoms with Crippen molar-refractivity contribution in [2.45, 2.75) is 33.4 Å². The van der Waals surface area contributed by atoms with Crippen LogP contribution in [0.5, 0.6) is 0 Å². The molecule has 0 aliphatic rings. The van der Waals surface area contributed by atoms with Crippen molar-refractivity contribution >= 4 is 23.3 Å². The number of fused-ring (bicyclic) bond motifs is 1. The third-order valence-electron chi connectivity index (χ3n) is 3.43. The molecule has 5 nitrogen and oxygen atoms in total. The first-order valence-corrected chi connectivity index (χ1v) is 7.09. The minimum Gasteiger partial charge on any atom is -0.329 e. The molecule has 3 rings (SSSR count). The normalized spacial score (nSPS) is 11.3. The Bertz CT molecular complexity index is 795. The summed E-state index contributed by atoms with van der Waals surface area (Å²) < 4.78 is 4.93. The van der Waals surface area contributed by atoms with Gasteiger partial charge in [-0.3, -0.25) is 9.67 Å². The van der Waals surface area contributed by atoms with Gasteiger partial charge in [0.1, 0.15) is 0 Å². The minimum absolute atomic E-state index is 0.751. The average molecular weight is 287 g/mol. The van der Waals surface area contributed by atoms with Gasteiger partial charge >= 0.3 is 0 Å². The molecular formula is C14H17N5S. The van der Waals surface area contributed by atoms with Crippen molar-refractivity contribution in [3.05, 3.63) is 40.7 Å². The van der Waals surface area contributed by atoms with E-state index < -0.39 is 0 Å². The summed E-state index contributed by atoms with van der Waals surface area (Å²) in [7, 11) is 0. The summed E-state index contributed by atoms with van der Waals surface area (Å²) in [6, 6.07) is 4.09. The largest absolute Gasteiger partial charge is 0.329 e. The zero-order valence-corrected chi connectivity index (χ0v) is 12.4. The molecule has 0 saturated heterocycles. The van der Waals surface area contributed by atoms with Crippen molar-refractivity contribution in [2.75, 3.05) is 0 Å². The van der Waals surface area contributed by atoms with Gasteiger partial charge in [-0.1, -0.05) is 0 Å². The van der Waals surface area contributed by atoms with E-state index in [-0.39, 0.29) is 0 Å². The monoisotopic (exact) mass is 287 g/mol. The van der Waals surface area contributed by atoms with Crippen LogP contribution in [0.1, 0.15) is 17.8 Å². The fourth-order valence-corrected chi connectivity index (χ4v) is 2.81. The number of nitrogens with one attached hydrogen (secondary N) is 1. The summed E-state index contributed by atoms with van der Waals surface area (Å²) in [6.45, 7) is 5.88. The number of aromatic amines is 1. The summed E-state index contributed by atoms with van der Waals surface area (Å²) in [5.74, 6) is 0. The molecule has 6 heteroatoms. The number of H-pyrrole nitrogens is 1. The molecule has 0 unspecified atom stereocenters. The highest BCUT2D eigenvalue weighted by Gasteiger charge is 2.05. The summed E-state index contributed by atoms with van der Waals surface area (Å²) in [5.41, 5.74) is 4.37. The van der Waals surface area contributed by atoms with Crippen molar-refractivity contribution in [3.8, 4) is 0 Å². The number of aromatic nitrogens is 5. The highest BCUT2D eigenvalue weighted by molar-refractivity contribution is 7.71. The van der Waals surface area contributed by atoms with Crippen molar-refractivity contribution in [1.82, 2.24) is 24.3 Å².